The van der Waals surface area contributed by atoms with E-state index >= 15 is 0 Å². The van der Waals surface area contributed by atoms with Gasteiger partial charge in [0.2, 0.25) is 0 Å². The number of aromatic nitrogens is 2. The second kappa shape index (κ2) is 8.84. The highest BCUT2D eigenvalue weighted by Crippen LogP contribution is 2.45. The monoisotopic (exact) mass is 487 g/mol. The molecule has 0 unspecified atom stereocenters. The minimum atomic E-state index is -0.947. The van der Waals surface area contributed by atoms with Gasteiger partial charge in [-0.3, -0.25) is 0 Å². The Morgan fingerprint density at radius 3 is 1.77 bits per heavy atom. The smallest absolute Gasteiger partial charge is 0.435 e. The predicted octanol–water partition coefficient (Wildman–Crippen LogP) is 6.68. The van der Waals surface area contributed by atoms with Gasteiger partial charge >= 0.3 is 18.3 Å². The summed E-state index contributed by atoms with van der Waals surface area (Å²) in [4.78, 5) is 40.6. The Hall–Kier alpha value is -3.10. The van der Waals surface area contributed by atoms with Crippen LogP contribution in [0.2, 0.25) is 0 Å². The molecule has 0 bridgehead atoms. The molecule has 192 valence electrons. The molecule has 1 aromatic heterocycles. The van der Waals surface area contributed by atoms with Crippen LogP contribution in [0.5, 0.6) is 0 Å². The van der Waals surface area contributed by atoms with Crippen LogP contribution in [0, 0.1) is 6.92 Å². The second-order valence-electron chi connectivity index (χ2n) is 12.0. The van der Waals surface area contributed by atoms with Crippen molar-refractivity contribution in [1.82, 2.24) is 9.78 Å². The van der Waals surface area contributed by atoms with Gasteiger partial charge in [-0.1, -0.05) is 6.07 Å². The van der Waals surface area contributed by atoms with Gasteiger partial charge in [-0.25, -0.2) is 14.4 Å². The predicted molar refractivity (Wildman–Crippen MR) is 133 cm³/mol. The molecule has 9 heteroatoms. The molecule has 35 heavy (non-hydrogen) atoms. The third kappa shape index (κ3) is 6.52. The van der Waals surface area contributed by atoms with Crippen LogP contribution in [0.15, 0.2) is 12.1 Å². The van der Waals surface area contributed by atoms with Crippen molar-refractivity contribution in [3.8, 4) is 0 Å². The SMILES string of the molecule is Cc1cc(C2CC2)c2c(c1)c(N(C(=O)OC(C)(C)C)C(=O)OC(C)(C)C)nn2C(=O)OC(C)(C)C. The van der Waals surface area contributed by atoms with Crippen molar-refractivity contribution in [2.24, 2.45) is 0 Å². The van der Waals surface area contributed by atoms with Crippen LogP contribution in [0.1, 0.15) is 92.2 Å². The normalized spacial score (nSPS) is 14.6. The van der Waals surface area contributed by atoms with Crippen LogP contribution < -0.4 is 4.90 Å². The number of amides is 2. The zero-order chi connectivity index (χ0) is 26.5. The summed E-state index contributed by atoms with van der Waals surface area (Å²) in [7, 11) is 0. The summed E-state index contributed by atoms with van der Waals surface area (Å²) in [5.74, 6) is 0.222. The highest BCUT2D eigenvalue weighted by molar-refractivity contribution is 6.15. The maximum atomic E-state index is 13.3. The number of aryl methyl sites for hydroxylation is 1. The van der Waals surface area contributed by atoms with Crippen molar-refractivity contribution in [2.45, 2.75) is 105 Å². The van der Waals surface area contributed by atoms with Gasteiger partial charge in [0.05, 0.1) is 5.52 Å². The molecule has 1 saturated carbocycles. The maximum Gasteiger partial charge on any atom is 0.435 e. The summed E-state index contributed by atoms with van der Waals surface area (Å²) in [6.45, 7) is 17.4. The van der Waals surface area contributed by atoms with Crippen molar-refractivity contribution in [3.05, 3.63) is 23.3 Å². The van der Waals surface area contributed by atoms with Gasteiger partial charge in [-0.15, -0.1) is 5.10 Å². The van der Waals surface area contributed by atoms with E-state index in [0.717, 1.165) is 33.6 Å². The van der Waals surface area contributed by atoms with Gasteiger partial charge in [0.25, 0.3) is 0 Å². The number of hydrogen-bond acceptors (Lipinski definition) is 7. The zero-order valence-corrected chi connectivity index (χ0v) is 22.4. The van der Waals surface area contributed by atoms with E-state index in [1.807, 2.05) is 13.0 Å². The van der Waals surface area contributed by atoms with Gasteiger partial charge in [-0.2, -0.15) is 9.58 Å². The highest BCUT2D eigenvalue weighted by atomic mass is 16.6. The number of fused-ring (bicyclic) bond motifs is 1. The molecule has 9 nitrogen and oxygen atoms in total. The van der Waals surface area contributed by atoms with Crippen LogP contribution in [-0.2, 0) is 14.2 Å². The Balaban J connectivity index is 2.27. The van der Waals surface area contributed by atoms with E-state index in [9.17, 15) is 14.4 Å². The van der Waals surface area contributed by atoms with Crippen molar-refractivity contribution < 1.29 is 28.6 Å². The van der Waals surface area contributed by atoms with E-state index in [0.29, 0.717) is 10.9 Å². The summed E-state index contributed by atoms with van der Waals surface area (Å²) in [6.07, 6.45) is -0.633. The van der Waals surface area contributed by atoms with Gasteiger partial charge in [0, 0.05) is 5.39 Å². The number of carbonyl (C=O) groups excluding carboxylic acids is 3. The molecular weight excluding hydrogens is 450 g/mol. The number of benzene rings is 1. The molecule has 1 aromatic carbocycles. The first-order chi connectivity index (χ1) is 15.9. The van der Waals surface area contributed by atoms with E-state index in [1.54, 1.807) is 68.4 Å². The number of hydrogen-bond donors (Lipinski definition) is 0. The van der Waals surface area contributed by atoms with Gasteiger partial charge in [0.15, 0.2) is 5.82 Å². The Morgan fingerprint density at radius 1 is 0.857 bits per heavy atom. The number of anilines is 1. The minimum Gasteiger partial charge on any atom is -0.443 e. The molecule has 0 atom stereocenters. The lowest BCUT2D eigenvalue weighted by molar-refractivity contribution is 0.0421. The van der Waals surface area contributed by atoms with Crippen LogP contribution >= 0.6 is 0 Å². The Bertz CT molecular complexity index is 1130. The fourth-order valence-corrected chi connectivity index (χ4v) is 3.58. The molecular formula is C26H37N3O6. The Morgan fingerprint density at radius 2 is 1.34 bits per heavy atom. The van der Waals surface area contributed by atoms with Crippen LogP contribution in [0.3, 0.4) is 0 Å². The fraction of sp³-hybridized carbons (Fsp3) is 0.615. The van der Waals surface area contributed by atoms with Crippen molar-refractivity contribution in [3.63, 3.8) is 0 Å². The van der Waals surface area contributed by atoms with Gasteiger partial charge in [0.1, 0.15) is 16.8 Å². The molecule has 2 amide bonds. The first kappa shape index (κ1) is 26.5. The summed E-state index contributed by atoms with van der Waals surface area (Å²) in [5, 5.41) is 4.92. The van der Waals surface area contributed by atoms with Gasteiger partial charge in [-0.05, 0) is 105 Å². The molecule has 0 aliphatic heterocycles. The lowest BCUT2D eigenvalue weighted by Crippen LogP contribution is -2.44. The third-order valence-electron chi connectivity index (χ3n) is 4.88. The van der Waals surface area contributed by atoms with Crippen molar-refractivity contribution in [2.75, 3.05) is 4.90 Å². The Kier molecular flexibility index (Phi) is 6.69. The molecule has 3 rings (SSSR count). The molecule has 0 saturated heterocycles. The zero-order valence-electron chi connectivity index (χ0n) is 22.4. The van der Waals surface area contributed by atoms with E-state index in [1.165, 1.54) is 0 Å². The molecule has 2 aromatic rings. The molecule has 0 N–H and O–H groups in total. The second-order valence-corrected chi connectivity index (χ2v) is 12.0. The molecule has 0 radical (unpaired) electrons. The molecule has 1 fully saturated rings. The molecule has 1 heterocycles. The number of imide groups is 1. The van der Waals surface area contributed by atoms with Crippen LogP contribution in [0.25, 0.3) is 10.9 Å². The summed E-state index contributed by atoms with van der Waals surface area (Å²) in [5.41, 5.74) is -0.169. The third-order valence-corrected chi connectivity index (χ3v) is 4.88. The summed E-state index contributed by atoms with van der Waals surface area (Å²) >= 11 is 0. The molecule has 0 spiro atoms. The maximum absolute atomic E-state index is 13.3. The lowest BCUT2D eigenvalue weighted by Gasteiger charge is -2.27. The van der Waals surface area contributed by atoms with E-state index in [4.69, 9.17) is 14.2 Å². The first-order valence-electron chi connectivity index (χ1n) is 11.9. The standard InChI is InChI=1S/C26H37N3O6/c1-15-13-17(16-11-12-16)19-18(14-15)20(27-29(19)23(32)35-26(8,9)10)28(21(30)33-24(2,3)4)22(31)34-25(5,6)7/h13-14,16H,11-12H2,1-10H3. The van der Waals surface area contributed by atoms with Crippen molar-refractivity contribution >= 4 is 35.0 Å². The van der Waals surface area contributed by atoms with Crippen LogP contribution in [-0.4, -0.2) is 44.9 Å². The molecule has 1 aliphatic carbocycles. The van der Waals surface area contributed by atoms with E-state index in [2.05, 4.69) is 5.10 Å². The van der Waals surface area contributed by atoms with Crippen molar-refractivity contribution in [1.29, 1.82) is 0 Å². The van der Waals surface area contributed by atoms with E-state index in [-0.39, 0.29) is 11.7 Å². The molecule has 1 aliphatic rings. The number of nitrogens with zero attached hydrogens (tertiary/aromatic N) is 3. The van der Waals surface area contributed by atoms with E-state index < -0.39 is 35.1 Å². The number of ether oxygens (including phenoxy) is 3. The quantitative estimate of drug-likeness (QED) is 0.435. The van der Waals surface area contributed by atoms with Crippen LogP contribution in [0.4, 0.5) is 20.2 Å². The topological polar surface area (TPSA) is 100.0 Å². The largest absolute Gasteiger partial charge is 0.443 e. The van der Waals surface area contributed by atoms with Gasteiger partial charge < -0.3 is 14.2 Å². The highest BCUT2D eigenvalue weighted by Gasteiger charge is 2.38. The average molecular weight is 488 g/mol. The Labute approximate surface area is 206 Å². The first-order valence-corrected chi connectivity index (χ1v) is 11.9. The minimum absolute atomic E-state index is 0.0417. The number of rotatable bonds is 2. The lowest BCUT2D eigenvalue weighted by atomic mass is 10.0. The fourth-order valence-electron chi connectivity index (χ4n) is 3.58. The average Bonchev–Trinajstić information content (AvgIpc) is 3.39. The summed E-state index contributed by atoms with van der Waals surface area (Å²) in [6, 6.07) is 3.81. The summed E-state index contributed by atoms with van der Waals surface area (Å²) < 4.78 is 17.8. The number of carbonyl (C=O) groups is 3.